The highest BCUT2D eigenvalue weighted by atomic mass is 16.5. The fourth-order valence-electron chi connectivity index (χ4n) is 4.60. The van der Waals surface area contributed by atoms with E-state index in [9.17, 15) is 9.59 Å². The number of imide groups is 1. The molecule has 2 aliphatic heterocycles. The van der Waals surface area contributed by atoms with Crippen LogP contribution in [0.4, 0.5) is 5.69 Å². The molecule has 2 atom stereocenters. The van der Waals surface area contributed by atoms with Crippen molar-refractivity contribution >= 4 is 17.5 Å². The maximum atomic E-state index is 13.2. The van der Waals surface area contributed by atoms with E-state index in [0.717, 1.165) is 52.0 Å². The van der Waals surface area contributed by atoms with Crippen LogP contribution >= 0.6 is 0 Å². The van der Waals surface area contributed by atoms with Crippen molar-refractivity contribution in [2.24, 2.45) is 11.8 Å². The summed E-state index contributed by atoms with van der Waals surface area (Å²) in [5.74, 6) is -0.192. The van der Waals surface area contributed by atoms with E-state index in [1.54, 1.807) is 0 Å². The van der Waals surface area contributed by atoms with Crippen LogP contribution in [0.5, 0.6) is 0 Å². The molecule has 4 rings (SSSR count). The molecule has 27 heavy (non-hydrogen) atoms. The molecule has 0 unspecified atom stereocenters. The lowest BCUT2D eigenvalue weighted by Crippen LogP contribution is -2.41. The van der Waals surface area contributed by atoms with Gasteiger partial charge in [0.1, 0.15) is 0 Å². The number of ether oxygens (including phenoxy) is 1. The molecule has 5 nitrogen and oxygen atoms in total. The number of hydrogen-bond acceptors (Lipinski definition) is 4. The van der Waals surface area contributed by atoms with E-state index in [4.69, 9.17) is 4.74 Å². The van der Waals surface area contributed by atoms with E-state index >= 15 is 0 Å². The summed E-state index contributed by atoms with van der Waals surface area (Å²) < 4.78 is 5.48. The SMILES string of the molecule is CCc1ccc(N2C(=O)C[C@H]([C@@H]3CCCC=C3N3CCOCC3)C2=O)cc1. The maximum Gasteiger partial charge on any atom is 0.238 e. The molecule has 0 N–H and O–H groups in total. The molecule has 1 aromatic rings. The van der Waals surface area contributed by atoms with Crippen molar-refractivity contribution in [3.05, 3.63) is 41.6 Å². The first-order chi connectivity index (χ1) is 13.2. The number of amides is 2. The fourth-order valence-corrected chi connectivity index (χ4v) is 4.60. The van der Waals surface area contributed by atoms with Crippen LogP contribution in [0.25, 0.3) is 0 Å². The van der Waals surface area contributed by atoms with Gasteiger partial charge in [0.05, 0.1) is 24.8 Å². The largest absolute Gasteiger partial charge is 0.378 e. The number of benzene rings is 1. The Balaban J connectivity index is 1.56. The van der Waals surface area contributed by atoms with Gasteiger partial charge in [-0.05, 0) is 43.4 Å². The number of anilines is 1. The minimum Gasteiger partial charge on any atom is -0.378 e. The molecule has 2 heterocycles. The molecule has 1 aromatic carbocycles. The predicted molar refractivity (Wildman–Crippen MR) is 104 cm³/mol. The number of carbonyl (C=O) groups excluding carboxylic acids is 2. The van der Waals surface area contributed by atoms with Crippen LogP contribution in [0.15, 0.2) is 36.0 Å². The Bertz CT molecular complexity index is 734. The normalized spacial score (nSPS) is 26.5. The van der Waals surface area contributed by atoms with Crippen LogP contribution in [0.1, 0.15) is 38.2 Å². The molecule has 2 saturated heterocycles. The van der Waals surface area contributed by atoms with E-state index in [1.807, 2.05) is 24.3 Å². The van der Waals surface area contributed by atoms with Gasteiger partial charge in [-0.15, -0.1) is 0 Å². The molecule has 0 spiro atoms. The number of aryl methyl sites for hydroxylation is 1. The highest BCUT2D eigenvalue weighted by molar-refractivity contribution is 6.21. The molecule has 2 fully saturated rings. The smallest absolute Gasteiger partial charge is 0.238 e. The first-order valence-electron chi connectivity index (χ1n) is 10.2. The lowest BCUT2D eigenvalue weighted by Gasteiger charge is -2.38. The zero-order valence-electron chi connectivity index (χ0n) is 16.0. The summed E-state index contributed by atoms with van der Waals surface area (Å²) in [4.78, 5) is 29.7. The van der Waals surface area contributed by atoms with Crippen LogP contribution in [-0.4, -0.2) is 43.0 Å². The van der Waals surface area contributed by atoms with Crippen LogP contribution < -0.4 is 4.90 Å². The Morgan fingerprint density at radius 3 is 2.52 bits per heavy atom. The Hall–Kier alpha value is -2.14. The maximum absolute atomic E-state index is 13.2. The molecular weight excluding hydrogens is 340 g/mol. The van der Waals surface area contributed by atoms with Crippen molar-refractivity contribution in [1.82, 2.24) is 4.90 Å². The molecule has 3 aliphatic rings. The highest BCUT2D eigenvalue weighted by Crippen LogP contribution is 2.40. The Kier molecular flexibility index (Phi) is 5.30. The lowest BCUT2D eigenvalue weighted by molar-refractivity contribution is -0.123. The second-order valence-corrected chi connectivity index (χ2v) is 7.66. The Labute approximate surface area is 161 Å². The van der Waals surface area contributed by atoms with Gasteiger partial charge >= 0.3 is 0 Å². The standard InChI is InChI=1S/C22H28N2O3/c1-2-16-7-9-17(10-8-16)24-21(25)15-19(22(24)26)18-5-3-4-6-20(18)23-11-13-27-14-12-23/h6-10,18-19H,2-5,11-15H2,1H3/t18-,19+/m0/s1. The Morgan fingerprint density at radius 1 is 1.07 bits per heavy atom. The summed E-state index contributed by atoms with van der Waals surface area (Å²) in [6.07, 6.45) is 6.68. The monoisotopic (exact) mass is 368 g/mol. The van der Waals surface area contributed by atoms with Gasteiger partial charge in [-0.1, -0.05) is 25.1 Å². The third kappa shape index (κ3) is 3.53. The van der Waals surface area contributed by atoms with E-state index in [1.165, 1.54) is 16.2 Å². The molecular formula is C22H28N2O3. The average molecular weight is 368 g/mol. The highest BCUT2D eigenvalue weighted by Gasteiger charge is 2.45. The van der Waals surface area contributed by atoms with Gasteiger partial charge in [0, 0.05) is 31.1 Å². The zero-order valence-corrected chi connectivity index (χ0v) is 16.0. The van der Waals surface area contributed by atoms with Gasteiger partial charge in [-0.25, -0.2) is 0 Å². The minimum absolute atomic E-state index is 0.0321. The fraction of sp³-hybridized carbons (Fsp3) is 0.545. The van der Waals surface area contributed by atoms with Gasteiger partial charge < -0.3 is 9.64 Å². The third-order valence-corrected chi connectivity index (χ3v) is 6.10. The quantitative estimate of drug-likeness (QED) is 0.766. The van der Waals surface area contributed by atoms with Crippen LogP contribution in [0.2, 0.25) is 0 Å². The first kappa shape index (κ1) is 18.2. The molecule has 0 bridgehead atoms. The van der Waals surface area contributed by atoms with E-state index in [2.05, 4.69) is 17.9 Å². The molecule has 1 aliphatic carbocycles. The van der Waals surface area contributed by atoms with Crippen molar-refractivity contribution < 1.29 is 14.3 Å². The molecule has 0 radical (unpaired) electrons. The van der Waals surface area contributed by atoms with Gasteiger partial charge in [-0.3, -0.25) is 14.5 Å². The summed E-state index contributed by atoms with van der Waals surface area (Å²) in [6, 6.07) is 7.80. The van der Waals surface area contributed by atoms with E-state index in [-0.39, 0.29) is 23.7 Å². The van der Waals surface area contributed by atoms with Crippen molar-refractivity contribution in [1.29, 1.82) is 0 Å². The summed E-state index contributed by atoms with van der Waals surface area (Å²) in [5, 5.41) is 0. The number of nitrogens with zero attached hydrogens (tertiary/aromatic N) is 2. The topological polar surface area (TPSA) is 49.9 Å². The van der Waals surface area contributed by atoms with Crippen molar-refractivity contribution in [2.45, 2.75) is 39.0 Å². The summed E-state index contributed by atoms with van der Waals surface area (Å²) >= 11 is 0. The van der Waals surface area contributed by atoms with Gasteiger partial charge in [0.15, 0.2) is 0 Å². The van der Waals surface area contributed by atoms with Crippen molar-refractivity contribution in [3.8, 4) is 0 Å². The number of hydrogen-bond donors (Lipinski definition) is 0. The average Bonchev–Trinajstić information content (AvgIpc) is 3.02. The van der Waals surface area contributed by atoms with Gasteiger partial charge in [0.25, 0.3) is 0 Å². The van der Waals surface area contributed by atoms with E-state index in [0.29, 0.717) is 12.1 Å². The zero-order chi connectivity index (χ0) is 18.8. The third-order valence-electron chi connectivity index (χ3n) is 6.10. The summed E-state index contributed by atoms with van der Waals surface area (Å²) in [7, 11) is 0. The summed E-state index contributed by atoms with van der Waals surface area (Å²) in [6.45, 7) is 5.31. The second-order valence-electron chi connectivity index (χ2n) is 7.66. The Morgan fingerprint density at radius 2 is 1.81 bits per heavy atom. The minimum atomic E-state index is -0.238. The van der Waals surface area contributed by atoms with Gasteiger partial charge in [0.2, 0.25) is 11.8 Å². The number of morpholine rings is 1. The number of allylic oxidation sites excluding steroid dienone is 2. The van der Waals surface area contributed by atoms with Gasteiger partial charge in [-0.2, -0.15) is 0 Å². The molecule has 0 aromatic heterocycles. The number of rotatable bonds is 4. The van der Waals surface area contributed by atoms with E-state index < -0.39 is 0 Å². The molecule has 144 valence electrons. The summed E-state index contributed by atoms with van der Waals surface area (Å²) in [5.41, 5.74) is 3.18. The molecule has 2 amide bonds. The van der Waals surface area contributed by atoms with Crippen molar-refractivity contribution in [3.63, 3.8) is 0 Å². The first-order valence-corrected chi connectivity index (χ1v) is 10.2. The van der Waals surface area contributed by atoms with Crippen LogP contribution in [-0.2, 0) is 20.7 Å². The second kappa shape index (κ2) is 7.85. The predicted octanol–water partition coefficient (Wildman–Crippen LogP) is 3.14. The lowest BCUT2D eigenvalue weighted by atomic mass is 9.80. The number of carbonyl (C=O) groups is 2. The van der Waals surface area contributed by atoms with Crippen molar-refractivity contribution in [2.75, 3.05) is 31.2 Å². The molecule has 5 heteroatoms. The van der Waals surface area contributed by atoms with Crippen LogP contribution in [0.3, 0.4) is 0 Å². The molecule has 0 saturated carbocycles. The van der Waals surface area contributed by atoms with Crippen LogP contribution in [0, 0.1) is 11.8 Å².